The van der Waals surface area contributed by atoms with Crippen molar-refractivity contribution in [3.8, 4) is 39.4 Å². The largest absolute Gasteiger partial charge is 0.492 e. The number of hydrogen-bond donors (Lipinski definition) is 3. The Balaban J connectivity index is 1.18. The van der Waals surface area contributed by atoms with E-state index in [1.165, 1.54) is 18.9 Å². The first-order chi connectivity index (χ1) is 22.4. The van der Waals surface area contributed by atoms with E-state index < -0.39 is 0 Å². The van der Waals surface area contributed by atoms with E-state index in [1.54, 1.807) is 18.5 Å². The van der Waals surface area contributed by atoms with Gasteiger partial charge in [0.15, 0.2) is 0 Å². The number of H-pyrrole nitrogens is 2. The Morgan fingerprint density at radius 1 is 0.957 bits per heavy atom. The Morgan fingerprint density at radius 2 is 1.83 bits per heavy atom. The minimum Gasteiger partial charge on any atom is -0.492 e. The molecule has 1 aliphatic heterocycles. The molecule has 0 atom stereocenters. The second-order valence-corrected chi connectivity index (χ2v) is 12.5. The summed E-state index contributed by atoms with van der Waals surface area (Å²) in [7, 11) is 0. The van der Waals surface area contributed by atoms with E-state index >= 15 is 0 Å². The number of ether oxygens (including phenoxy) is 1. The molecular weight excluding hydrogens is 579 g/mol. The Bertz CT molecular complexity index is 2020. The summed E-state index contributed by atoms with van der Waals surface area (Å²) in [4.78, 5) is 22.6. The number of hydrogen-bond acceptors (Lipinski definition) is 5. The van der Waals surface area contributed by atoms with Crippen molar-refractivity contribution in [1.29, 1.82) is 0 Å². The molecular formula is C37H37FN6O2. The number of nitrogens with one attached hydrogen (secondary N) is 3. The summed E-state index contributed by atoms with van der Waals surface area (Å²) in [6.45, 7) is 7.62. The lowest BCUT2D eigenvalue weighted by Crippen LogP contribution is -2.25. The van der Waals surface area contributed by atoms with Crippen molar-refractivity contribution in [2.45, 2.75) is 33.1 Å². The number of carbonyl (C=O) groups is 1. The van der Waals surface area contributed by atoms with E-state index in [0.717, 1.165) is 75.1 Å². The van der Waals surface area contributed by atoms with Crippen LogP contribution >= 0.6 is 0 Å². The molecule has 0 aliphatic carbocycles. The lowest BCUT2D eigenvalue weighted by molar-refractivity contribution is -0.116. The lowest BCUT2D eigenvalue weighted by atomic mass is 10.0. The van der Waals surface area contributed by atoms with Crippen molar-refractivity contribution in [2.75, 3.05) is 31.6 Å². The fourth-order valence-corrected chi connectivity index (χ4v) is 6.28. The first-order valence-electron chi connectivity index (χ1n) is 15.9. The Hall–Kier alpha value is -5.02. The first-order valence-corrected chi connectivity index (χ1v) is 15.9. The first kappa shape index (κ1) is 29.7. The quantitative estimate of drug-likeness (QED) is 0.145. The van der Waals surface area contributed by atoms with Crippen LogP contribution in [-0.2, 0) is 4.79 Å². The van der Waals surface area contributed by atoms with Gasteiger partial charge in [-0.1, -0.05) is 32.0 Å². The van der Waals surface area contributed by atoms with Crippen molar-refractivity contribution in [2.24, 2.45) is 5.92 Å². The zero-order chi connectivity index (χ0) is 31.6. The maximum Gasteiger partial charge on any atom is 0.224 e. The van der Waals surface area contributed by atoms with E-state index in [1.807, 2.05) is 56.3 Å². The molecule has 3 N–H and O–H groups in total. The summed E-state index contributed by atoms with van der Waals surface area (Å²) in [6, 6.07) is 21.0. The van der Waals surface area contributed by atoms with E-state index in [0.29, 0.717) is 24.5 Å². The van der Waals surface area contributed by atoms with Gasteiger partial charge in [-0.3, -0.25) is 19.8 Å². The van der Waals surface area contributed by atoms with Crippen LogP contribution in [0.3, 0.4) is 0 Å². The van der Waals surface area contributed by atoms with Crippen LogP contribution in [0.15, 0.2) is 79.1 Å². The topological polar surface area (TPSA) is 98.9 Å². The molecule has 1 amide bonds. The minimum absolute atomic E-state index is 0.0285. The molecule has 0 radical (unpaired) electrons. The standard InChI is InChI=1S/C37H37FN6O2/c1-23(2)14-36(45)40-28-16-26(21-39-22-28)24-8-9-34-32(18-24)37(43-42-34)35-20-31-30(6-5-7-33(31)41-35)25-15-27(38)19-29(17-25)46-13-12-44-10-3-4-11-44/h5-9,15-23,41H,3-4,10-14H2,1-2H3,(H,40,45)(H,42,43). The molecule has 6 aromatic rings. The molecule has 9 heteroatoms. The third kappa shape index (κ3) is 6.37. The van der Waals surface area contributed by atoms with Crippen molar-refractivity contribution in [1.82, 2.24) is 25.1 Å². The average Bonchev–Trinajstić information content (AvgIpc) is 3.80. The number of pyridine rings is 1. The van der Waals surface area contributed by atoms with Crippen molar-refractivity contribution >= 4 is 33.4 Å². The van der Waals surface area contributed by atoms with Gasteiger partial charge in [-0.05, 0) is 91.0 Å². The number of aromatic nitrogens is 4. The van der Waals surface area contributed by atoms with Crippen LogP contribution in [0.25, 0.3) is 55.4 Å². The molecule has 8 nitrogen and oxygen atoms in total. The fraction of sp³-hybridized carbons (Fsp3) is 0.270. The summed E-state index contributed by atoms with van der Waals surface area (Å²) in [5.74, 6) is 0.448. The third-order valence-electron chi connectivity index (χ3n) is 8.49. The van der Waals surface area contributed by atoms with E-state index in [-0.39, 0.29) is 17.6 Å². The number of likely N-dealkylation sites (tertiary alicyclic amines) is 1. The summed E-state index contributed by atoms with van der Waals surface area (Å²) in [5.41, 5.74) is 7.62. The number of rotatable bonds is 10. The van der Waals surface area contributed by atoms with Gasteiger partial charge in [-0.15, -0.1) is 0 Å². The molecule has 4 heterocycles. The predicted octanol–water partition coefficient (Wildman–Crippen LogP) is 8.04. The highest BCUT2D eigenvalue weighted by atomic mass is 19.1. The maximum atomic E-state index is 14.8. The molecule has 0 unspecified atom stereocenters. The van der Waals surface area contributed by atoms with Crippen molar-refractivity contribution < 1.29 is 13.9 Å². The fourth-order valence-electron chi connectivity index (χ4n) is 6.28. The summed E-state index contributed by atoms with van der Waals surface area (Å²) < 4.78 is 20.8. The third-order valence-corrected chi connectivity index (χ3v) is 8.49. The summed E-state index contributed by atoms with van der Waals surface area (Å²) >= 11 is 0. The van der Waals surface area contributed by atoms with Gasteiger partial charge in [-0.25, -0.2) is 4.39 Å². The highest BCUT2D eigenvalue weighted by molar-refractivity contribution is 6.02. The monoisotopic (exact) mass is 616 g/mol. The van der Waals surface area contributed by atoms with Gasteiger partial charge in [0.05, 0.1) is 23.1 Å². The average molecular weight is 617 g/mol. The molecule has 46 heavy (non-hydrogen) atoms. The Kier molecular flexibility index (Phi) is 8.24. The number of carbonyl (C=O) groups excluding carboxylic acids is 1. The van der Waals surface area contributed by atoms with Crippen molar-refractivity contribution in [3.05, 3.63) is 84.9 Å². The molecule has 3 aromatic heterocycles. The van der Waals surface area contributed by atoms with Gasteiger partial charge in [0, 0.05) is 47.1 Å². The molecule has 0 saturated carbocycles. The molecule has 1 saturated heterocycles. The normalized spacial score (nSPS) is 13.7. The van der Waals surface area contributed by atoms with Crippen LogP contribution in [0.2, 0.25) is 0 Å². The summed E-state index contributed by atoms with van der Waals surface area (Å²) in [5, 5.41) is 12.7. The molecule has 234 valence electrons. The molecule has 0 bridgehead atoms. The number of benzene rings is 3. The van der Waals surface area contributed by atoms with Crippen LogP contribution in [0.1, 0.15) is 33.1 Å². The molecule has 1 aliphatic rings. The highest BCUT2D eigenvalue weighted by Crippen LogP contribution is 2.36. The smallest absolute Gasteiger partial charge is 0.224 e. The van der Waals surface area contributed by atoms with Crippen LogP contribution in [-0.4, -0.2) is 57.2 Å². The molecule has 0 spiro atoms. The summed E-state index contributed by atoms with van der Waals surface area (Å²) in [6.07, 6.45) is 6.36. The van der Waals surface area contributed by atoms with Gasteiger partial charge in [0.25, 0.3) is 0 Å². The number of nitrogens with zero attached hydrogens (tertiary/aromatic N) is 3. The van der Waals surface area contributed by atoms with Gasteiger partial charge >= 0.3 is 0 Å². The van der Waals surface area contributed by atoms with Crippen LogP contribution in [0.5, 0.6) is 5.75 Å². The van der Waals surface area contributed by atoms with Gasteiger partial charge in [-0.2, -0.15) is 5.10 Å². The lowest BCUT2D eigenvalue weighted by Gasteiger charge is -2.15. The van der Waals surface area contributed by atoms with Gasteiger partial charge < -0.3 is 15.0 Å². The zero-order valence-corrected chi connectivity index (χ0v) is 26.1. The number of fused-ring (bicyclic) bond motifs is 2. The van der Waals surface area contributed by atoms with E-state index in [9.17, 15) is 9.18 Å². The van der Waals surface area contributed by atoms with Crippen LogP contribution < -0.4 is 10.1 Å². The predicted molar refractivity (Wildman–Crippen MR) is 181 cm³/mol. The maximum absolute atomic E-state index is 14.8. The SMILES string of the molecule is CC(C)CC(=O)Nc1cncc(-c2ccc3[nH]nc(-c4cc5c(-c6cc(F)cc(OCCN7CCCC7)c6)cccc5[nH]4)c3c2)c1. The van der Waals surface area contributed by atoms with Gasteiger partial charge in [0.2, 0.25) is 5.91 Å². The van der Waals surface area contributed by atoms with Crippen molar-refractivity contribution in [3.63, 3.8) is 0 Å². The number of anilines is 1. The number of aromatic amines is 2. The molecule has 7 rings (SSSR count). The number of amides is 1. The van der Waals surface area contributed by atoms with E-state index in [2.05, 4.69) is 42.5 Å². The second-order valence-electron chi connectivity index (χ2n) is 12.5. The molecule has 3 aromatic carbocycles. The molecule has 1 fully saturated rings. The minimum atomic E-state index is -0.328. The highest BCUT2D eigenvalue weighted by Gasteiger charge is 2.16. The second kappa shape index (κ2) is 12.8. The zero-order valence-electron chi connectivity index (χ0n) is 26.1. The van der Waals surface area contributed by atoms with Gasteiger partial charge in [0.1, 0.15) is 23.9 Å². The van der Waals surface area contributed by atoms with Crippen LogP contribution in [0, 0.1) is 11.7 Å². The Morgan fingerprint density at radius 3 is 2.67 bits per heavy atom. The van der Waals surface area contributed by atoms with E-state index in [4.69, 9.17) is 4.74 Å². The van der Waals surface area contributed by atoms with Crippen LogP contribution in [0.4, 0.5) is 10.1 Å². The number of halogens is 1. The Labute approximate surface area is 267 Å².